The van der Waals surface area contributed by atoms with Crippen molar-refractivity contribution in [2.45, 2.75) is 64.7 Å². The molecule has 290 valence electrons. The predicted octanol–water partition coefficient (Wildman–Crippen LogP) is 7.71. The Hall–Kier alpha value is -5.29. The minimum atomic E-state index is -0.608. The molecule has 0 bridgehead atoms. The first kappa shape index (κ1) is 40.9. The number of ether oxygens (including phenoxy) is 3. The van der Waals surface area contributed by atoms with Crippen molar-refractivity contribution in [1.29, 1.82) is 0 Å². The van der Waals surface area contributed by atoms with E-state index in [4.69, 9.17) is 25.0 Å². The van der Waals surface area contributed by atoms with Crippen molar-refractivity contribution >= 4 is 58.7 Å². The first-order valence-corrected chi connectivity index (χ1v) is 18.2. The number of nitrogens with zero attached hydrogens (tertiary/aromatic N) is 6. The molecule has 4 heterocycles. The van der Waals surface area contributed by atoms with Crippen molar-refractivity contribution in [3.05, 3.63) is 96.8 Å². The lowest BCUT2D eigenvalue weighted by Gasteiger charge is -2.27. The second-order valence-electron chi connectivity index (χ2n) is 14.0. The molecule has 0 spiro atoms. The molecule has 2 fully saturated rings. The van der Waals surface area contributed by atoms with Crippen LogP contribution in [0, 0.1) is 0 Å². The van der Waals surface area contributed by atoms with E-state index in [-0.39, 0.29) is 42.7 Å². The van der Waals surface area contributed by atoms with Crippen LogP contribution in [-0.4, -0.2) is 74.3 Å². The number of amides is 2. The molecule has 5 aromatic rings. The molecule has 2 aliphatic rings. The van der Waals surface area contributed by atoms with Gasteiger partial charge in [0, 0.05) is 18.7 Å². The molecule has 0 radical (unpaired) electrons. The molecule has 0 aliphatic carbocycles. The van der Waals surface area contributed by atoms with Gasteiger partial charge in [0.15, 0.2) is 5.65 Å². The van der Waals surface area contributed by atoms with Gasteiger partial charge in [0.25, 0.3) is 0 Å². The topological polar surface area (TPSA) is 171 Å². The van der Waals surface area contributed by atoms with Crippen molar-refractivity contribution < 1.29 is 23.8 Å². The Bertz CT molecular complexity index is 2030. The zero-order valence-electron chi connectivity index (χ0n) is 31.3. The first-order chi connectivity index (χ1) is 26.1. The van der Waals surface area contributed by atoms with Crippen LogP contribution in [-0.2, 0) is 16.1 Å². The molecule has 2 aromatic heterocycles. The van der Waals surface area contributed by atoms with Gasteiger partial charge in [-0.15, -0.1) is 24.0 Å². The number of nitrogens with two attached hydrogens (primary N) is 1. The van der Waals surface area contributed by atoms with Crippen molar-refractivity contribution in [1.82, 2.24) is 35.4 Å². The zero-order chi connectivity index (χ0) is 37.9. The summed E-state index contributed by atoms with van der Waals surface area (Å²) >= 11 is 0. The number of nitrogen functional groups attached to an aromatic ring is 1. The van der Waals surface area contributed by atoms with E-state index in [1.165, 1.54) is 6.33 Å². The summed E-state index contributed by atoms with van der Waals surface area (Å²) in [7, 11) is 0. The summed E-state index contributed by atoms with van der Waals surface area (Å²) in [6, 6.07) is 27.4. The third kappa shape index (κ3) is 11.6. The fourth-order valence-corrected chi connectivity index (χ4v) is 6.14. The van der Waals surface area contributed by atoms with Gasteiger partial charge in [-0.3, -0.25) is 0 Å². The molecule has 2 saturated heterocycles. The molecule has 1 unspecified atom stereocenters. The van der Waals surface area contributed by atoms with Gasteiger partial charge >= 0.3 is 12.2 Å². The molecule has 4 N–H and O–H groups in total. The van der Waals surface area contributed by atoms with Crippen LogP contribution in [0.1, 0.15) is 58.1 Å². The van der Waals surface area contributed by atoms with E-state index in [0.29, 0.717) is 24.6 Å². The molecule has 15 heteroatoms. The lowest BCUT2D eigenvalue weighted by atomic mass is 10.1. The molecule has 2 amide bonds. The van der Waals surface area contributed by atoms with E-state index >= 15 is 0 Å². The van der Waals surface area contributed by atoms with Crippen LogP contribution in [0.5, 0.6) is 11.5 Å². The monoisotopic (exact) mass is 861 g/mol. The van der Waals surface area contributed by atoms with Crippen LogP contribution >= 0.6 is 24.0 Å². The van der Waals surface area contributed by atoms with Gasteiger partial charge in [-0.2, -0.15) is 10.2 Å². The summed E-state index contributed by atoms with van der Waals surface area (Å²) < 4.78 is 18.4. The van der Waals surface area contributed by atoms with E-state index in [1.807, 2.05) is 89.6 Å². The maximum Gasteiger partial charge on any atom is 0.428 e. The number of fused-ring (bicyclic) bond motifs is 1. The maximum atomic E-state index is 12.2. The minimum absolute atomic E-state index is 0. The van der Waals surface area contributed by atoms with Crippen molar-refractivity contribution in [3.63, 3.8) is 0 Å². The van der Waals surface area contributed by atoms with E-state index in [2.05, 4.69) is 25.8 Å². The highest BCUT2D eigenvalue weighted by atomic mass is 127. The molecule has 7 rings (SSSR count). The smallest absolute Gasteiger partial charge is 0.428 e. The van der Waals surface area contributed by atoms with E-state index in [1.54, 1.807) is 25.7 Å². The number of hydrogen-bond acceptors (Lipinski definition) is 11. The Kier molecular flexibility index (Phi) is 14.4. The summed E-state index contributed by atoms with van der Waals surface area (Å²) in [6.07, 6.45) is 4.20. The highest BCUT2D eigenvalue weighted by molar-refractivity contribution is 14.0. The average Bonchev–Trinajstić information content (AvgIpc) is 3.58. The van der Waals surface area contributed by atoms with Gasteiger partial charge in [0.05, 0.1) is 23.7 Å². The number of carbonyl (C=O) groups is 2. The lowest BCUT2D eigenvalue weighted by Crippen LogP contribution is -2.41. The maximum absolute atomic E-state index is 12.2. The number of rotatable bonds is 7. The molecule has 0 saturated carbocycles. The Labute approximate surface area is 337 Å². The highest BCUT2D eigenvalue weighted by Gasteiger charge is 2.24. The summed E-state index contributed by atoms with van der Waals surface area (Å²) in [4.78, 5) is 34.1. The SMILES string of the molecule is CC(C)(C)OC(=O)NN=C1CCCN(C(=O)OCc2ccccc2)C1.I.Nc1ncnc2c1c(-c1ccc(Oc3ccccc3)cc1)nn2C1CCCNC1. The summed E-state index contributed by atoms with van der Waals surface area (Å²) in [5.41, 5.74) is 12.2. The van der Waals surface area contributed by atoms with Crippen LogP contribution < -0.4 is 21.2 Å². The Morgan fingerprint density at radius 1 is 0.964 bits per heavy atom. The fraction of sp³-hybridized carbons (Fsp3) is 0.350. The van der Waals surface area contributed by atoms with Crippen LogP contribution in [0.2, 0.25) is 0 Å². The van der Waals surface area contributed by atoms with Crippen molar-refractivity contribution in [3.8, 4) is 22.8 Å². The number of aromatic nitrogens is 4. The number of carbonyl (C=O) groups excluding carboxylic acids is 2. The summed E-state index contributed by atoms with van der Waals surface area (Å²) in [6.45, 7) is 8.45. The normalized spacial score (nSPS) is 16.3. The Morgan fingerprint density at radius 3 is 2.36 bits per heavy atom. The molecular formula is C40H48IN9O5. The number of anilines is 1. The second kappa shape index (κ2) is 19.3. The minimum Gasteiger partial charge on any atom is -0.457 e. The zero-order valence-corrected chi connectivity index (χ0v) is 33.6. The van der Waals surface area contributed by atoms with E-state index in [9.17, 15) is 9.59 Å². The molecule has 55 heavy (non-hydrogen) atoms. The van der Waals surface area contributed by atoms with Crippen molar-refractivity contribution in [2.75, 3.05) is 31.9 Å². The third-order valence-electron chi connectivity index (χ3n) is 8.68. The van der Waals surface area contributed by atoms with Gasteiger partial charge in [0.1, 0.15) is 41.5 Å². The van der Waals surface area contributed by atoms with Crippen molar-refractivity contribution in [2.24, 2.45) is 5.10 Å². The third-order valence-corrected chi connectivity index (χ3v) is 8.68. The predicted molar refractivity (Wildman–Crippen MR) is 222 cm³/mol. The molecule has 2 aliphatic heterocycles. The largest absolute Gasteiger partial charge is 0.457 e. The summed E-state index contributed by atoms with van der Waals surface area (Å²) in [5, 5.41) is 13.2. The summed E-state index contributed by atoms with van der Waals surface area (Å²) in [5.74, 6) is 2.02. The van der Waals surface area contributed by atoms with Gasteiger partial charge in [-0.25, -0.2) is 29.7 Å². The number of benzene rings is 3. The van der Waals surface area contributed by atoms with Gasteiger partial charge in [-0.1, -0.05) is 48.5 Å². The van der Waals surface area contributed by atoms with E-state index in [0.717, 1.165) is 78.1 Å². The van der Waals surface area contributed by atoms with Gasteiger partial charge in [-0.05, 0) is 95.0 Å². The fourth-order valence-electron chi connectivity index (χ4n) is 6.14. The molecule has 1 atom stereocenters. The number of hydrazone groups is 1. The average molecular weight is 862 g/mol. The first-order valence-electron chi connectivity index (χ1n) is 18.2. The second-order valence-corrected chi connectivity index (χ2v) is 14.0. The van der Waals surface area contributed by atoms with Gasteiger partial charge in [0.2, 0.25) is 0 Å². The number of halogens is 1. The van der Waals surface area contributed by atoms with E-state index < -0.39 is 11.7 Å². The van der Waals surface area contributed by atoms with Crippen LogP contribution in [0.25, 0.3) is 22.3 Å². The number of hydrogen-bond donors (Lipinski definition) is 3. The Morgan fingerprint density at radius 2 is 1.67 bits per heavy atom. The number of para-hydroxylation sites is 1. The van der Waals surface area contributed by atoms with Crippen LogP contribution in [0.15, 0.2) is 96.4 Å². The standard InChI is InChI=1S/C22H22N6O.C18H25N3O4.HI/c23-21-19-20(15-8-10-18(11-9-15)29-17-6-2-1-3-7-17)27-28(22(19)26-14-25-21)16-5-4-12-24-13-16;1-18(2,3)25-16(22)20-19-15-10-7-11-21(12-15)17(23)24-13-14-8-5-4-6-9-14;/h1-3,6-11,14,16,24H,4-5,12-13H2,(H2,23,25,26);4-6,8-9H,7,10-13H2,1-3H3,(H,20,22);1H. The Balaban J connectivity index is 0.000000210. The lowest BCUT2D eigenvalue weighted by molar-refractivity contribution is 0.0528. The molecule has 3 aromatic carbocycles. The number of nitrogens with one attached hydrogen (secondary N) is 2. The van der Waals surface area contributed by atoms with Crippen LogP contribution in [0.4, 0.5) is 15.4 Å². The highest BCUT2D eigenvalue weighted by Crippen LogP contribution is 2.34. The van der Waals surface area contributed by atoms with Gasteiger partial charge < -0.3 is 30.2 Å². The molecular weight excluding hydrogens is 813 g/mol. The molecule has 14 nitrogen and oxygen atoms in total. The van der Waals surface area contributed by atoms with Crippen LogP contribution in [0.3, 0.4) is 0 Å². The quantitative estimate of drug-likeness (QED) is 0.109. The number of piperidine rings is 2. The number of likely N-dealkylation sites (tertiary alicyclic amines) is 1.